The molecule has 0 spiro atoms. The molecule has 18 heavy (non-hydrogen) atoms. The Hall–Kier alpha value is -0.690. The number of rotatable bonds is 2. The minimum Gasteiger partial charge on any atom is -0.466 e. The first kappa shape index (κ1) is 13.7. The first-order chi connectivity index (χ1) is 8.47. The molecule has 6 heteroatoms. The molecule has 6 nitrogen and oxygen atoms in total. The number of fused-ring (bicyclic) bond motifs is 1. The van der Waals surface area contributed by atoms with Crippen LogP contribution in [0.4, 0.5) is 0 Å². The van der Waals surface area contributed by atoms with E-state index in [1.54, 1.807) is 6.92 Å². The Morgan fingerprint density at radius 1 is 1.33 bits per heavy atom. The number of esters is 1. The van der Waals surface area contributed by atoms with Gasteiger partial charge in [-0.3, -0.25) is 9.69 Å². The molecule has 2 fully saturated rings. The molecule has 2 saturated heterocycles. The van der Waals surface area contributed by atoms with Gasteiger partial charge in [-0.05, 0) is 20.3 Å². The summed E-state index contributed by atoms with van der Waals surface area (Å²) in [6.07, 6.45) is -2.37. The highest BCUT2D eigenvalue weighted by Gasteiger charge is 2.52. The van der Waals surface area contributed by atoms with Gasteiger partial charge in [-0.25, -0.2) is 0 Å². The number of piperidine rings is 1. The van der Waals surface area contributed by atoms with E-state index in [-0.39, 0.29) is 25.0 Å². The van der Waals surface area contributed by atoms with Gasteiger partial charge in [-0.15, -0.1) is 0 Å². The van der Waals surface area contributed by atoms with Crippen molar-refractivity contribution in [2.75, 3.05) is 13.2 Å². The van der Waals surface area contributed by atoms with E-state index in [0.29, 0.717) is 6.61 Å². The van der Waals surface area contributed by atoms with Gasteiger partial charge in [0.2, 0.25) is 0 Å². The molecular formula is C12H21NO5. The van der Waals surface area contributed by atoms with Gasteiger partial charge in [0.05, 0.1) is 36.9 Å². The Kier molecular flexibility index (Phi) is 3.91. The van der Waals surface area contributed by atoms with E-state index in [0.717, 1.165) is 0 Å². The highest BCUT2D eigenvalue weighted by molar-refractivity contribution is 5.73. The van der Waals surface area contributed by atoms with Crippen LogP contribution in [-0.4, -0.2) is 69.7 Å². The third kappa shape index (κ3) is 2.14. The second-order valence-corrected chi connectivity index (χ2v) is 5.15. The molecule has 0 bridgehead atoms. The van der Waals surface area contributed by atoms with Crippen molar-refractivity contribution in [3.63, 3.8) is 0 Å². The average molecular weight is 259 g/mol. The molecule has 0 aromatic rings. The van der Waals surface area contributed by atoms with E-state index in [4.69, 9.17) is 4.74 Å². The highest BCUT2D eigenvalue weighted by Crippen LogP contribution is 2.35. The molecule has 0 saturated carbocycles. The van der Waals surface area contributed by atoms with Crippen LogP contribution in [0, 0.1) is 5.92 Å². The Morgan fingerprint density at radius 2 is 2.00 bits per heavy atom. The van der Waals surface area contributed by atoms with Crippen molar-refractivity contribution in [2.45, 2.75) is 50.7 Å². The van der Waals surface area contributed by atoms with Crippen LogP contribution in [0.1, 0.15) is 20.3 Å². The minimum atomic E-state index is -0.953. The third-order valence-corrected chi connectivity index (χ3v) is 4.11. The van der Waals surface area contributed by atoms with Gasteiger partial charge in [0.15, 0.2) is 0 Å². The van der Waals surface area contributed by atoms with Crippen LogP contribution in [0.5, 0.6) is 0 Å². The second-order valence-electron chi connectivity index (χ2n) is 5.15. The molecule has 0 radical (unpaired) electrons. The Balaban J connectivity index is 2.14. The van der Waals surface area contributed by atoms with Crippen LogP contribution in [-0.2, 0) is 9.53 Å². The molecule has 6 atom stereocenters. The summed E-state index contributed by atoms with van der Waals surface area (Å²) < 4.78 is 5.00. The summed E-state index contributed by atoms with van der Waals surface area (Å²) in [5.74, 6) is -0.730. The number of aliphatic hydroxyl groups is 3. The first-order valence-electron chi connectivity index (χ1n) is 6.44. The summed E-state index contributed by atoms with van der Waals surface area (Å²) in [6.45, 7) is 4.20. The van der Waals surface area contributed by atoms with Crippen molar-refractivity contribution < 1.29 is 24.9 Å². The van der Waals surface area contributed by atoms with Gasteiger partial charge >= 0.3 is 5.97 Å². The Bertz CT molecular complexity index is 324. The van der Waals surface area contributed by atoms with Crippen LogP contribution in [0.2, 0.25) is 0 Å². The number of carbonyl (C=O) groups excluding carboxylic acids is 1. The number of nitrogens with zero attached hydrogens (tertiary/aromatic N) is 1. The summed E-state index contributed by atoms with van der Waals surface area (Å²) in [6, 6.07) is -0.634. The van der Waals surface area contributed by atoms with Gasteiger partial charge in [0.25, 0.3) is 0 Å². The molecule has 2 rings (SSSR count). The maximum absolute atomic E-state index is 11.8. The molecule has 2 aliphatic heterocycles. The van der Waals surface area contributed by atoms with Gasteiger partial charge in [0.1, 0.15) is 0 Å². The van der Waals surface area contributed by atoms with Crippen molar-refractivity contribution in [2.24, 2.45) is 5.92 Å². The summed E-state index contributed by atoms with van der Waals surface area (Å²) in [5, 5.41) is 29.6. The molecule has 0 aliphatic carbocycles. The van der Waals surface area contributed by atoms with Gasteiger partial charge in [0, 0.05) is 12.6 Å². The molecule has 2 aliphatic rings. The molecule has 2 heterocycles. The minimum absolute atomic E-state index is 0.149. The zero-order chi connectivity index (χ0) is 13.4. The summed E-state index contributed by atoms with van der Waals surface area (Å²) in [7, 11) is 0. The monoisotopic (exact) mass is 259 g/mol. The lowest BCUT2D eigenvalue weighted by Gasteiger charge is -2.43. The van der Waals surface area contributed by atoms with E-state index in [1.807, 2.05) is 11.8 Å². The van der Waals surface area contributed by atoms with E-state index < -0.39 is 30.3 Å². The van der Waals surface area contributed by atoms with E-state index in [9.17, 15) is 20.1 Å². The number of hydrogen-bond donors (Lipinski definition) is 3. The molecule has 104 valence electrons. The maximum atomic E-state index is 11.8. The highest BCUT2D eigenvalue weighted by atomic mass is 16.5. The molecule has 0 aromatic heterocycles. The second kappa shape index (κ2) is 5.13. The summed E-state index contributed by atoms with van der Waals surface area (Å²) >= 11 is 0. The summed E-state index contributed by atoms with van der Waals surface area (Å²) in [4.78, 5) is 13.6. The number of ether oxygens (including phenoxy) is 1. The predicted molar refractivity (Wildman–Crippen MR) is 62.7 cm³/mol. The van der Waals surface area contributed by atoms with Crippen LogP contribution >= 0.6 is 0 Å². The lowest BCUT2D eigenvalue weighted by Crippen LogP contribution is -2.57. The van der Waals surface area contributed by atoms with E-state index in [2.05, 4.69) is 0 Å². The van der Waals surface area contributed by atoms with Gasteiger partial charge in [-0.2, -0.15) is 0 Å². The van der Waals surface area contributed by atoms with Gasteiger partial charge < -0.3 is 20.1 Å². The lowest BCUT2D eigenvalue weighted by molar-refractivity contribution is -0.157. The van der Waals surface area contributed by atoms with Crippen LogP contribution in [0.15, 0.2) is 0 Å². The summed E-state index contributed by atoms with van der Waals surface area (Å²) in [5.41, 5.74) is 0. The molecule has 3 N–H and O–H groups in total. The molecule has 0 amide bonds. The van der Waals surface area contributed by atoms with Crippen molar-refractivity contribution in [3.05, 3.63) is 0 Å². The predicted octanol–water partition coefficient (Wildman–Crippen LogP) is -1.28. The SMILES string of the molecule is CCOC(=O)[C@H]1C[C@H](O)[C@@H]2[C@@H](O)[C@H](O)CN2[C@H]1C. The fourth-order valence-corrected chi connectivity index (χ4v) is 3.13. The normalized spacial score (nSPS) is 44.7. The zero-order valence-electron chi connectivity index (χ0n) is 10.7. The van der Waals surface area contributed by atoms with Crippen LogP contribution in [0.3, 0.4) is 0 Å². The van der Waals surface area contributed by atoms with Crippen LogP contribution < -0.4 is 0 Å². The fraction of sp³-hybridized carbons (Fsp3) is 0.917. The number of carbonyl (C=O) groups is 1. The van der Waals surface area contributed by atoms with Gasteiger partial charge in [-0.1, -0.05) is 0 Å². The quantitative estimate of drug-likeness (QED) is 0.535. The first-order valence-corrected chi connectivity index (χ1v) is 6.44. The Morgan fingerprint density at radius 3 is 2.61 bits per heavy atom. The van der Waals surface area contributed by atoms with Crippen LogP contribution in [0.25, 0.3) is 0 Å². The third-order valence-electron chi connectivity index (χ3n) is 4.11. The topological polar surface area (TPSA) is 90.2 Å². The smallest absolute Gasteiger partial charge is 0.310 e. The van der Waals surface area contributed by atoms with E-state index >= 15 is 0 Å². The molecular weight excluding hydrogens is 238 g/mol. The van der Waals surface area contributed by atoms with Crippen molar-refractivity contribution >= 4 is 5.97 Å². The average Bonchev–Trinajstić information content (AvgIpc) is 2.62. The standard InChI is InChI=1S/C12H21NO5/c1-3-18-12(17)7-4-8(14)10-11(16)9(15)5-13(10)6(7)2/h6-11,14-16H,3-5H2,1-2H3/t6-,7-,8-,9+,10+,11-/m0/s1. The Labute approximate surface area is 106 Å². The maximum Gasteiger partial charge on any atom is 0.310 e. The largest absolute Gasteiger partial charge is 0.466 e. The fourth-order valence-electron chi connectivity index (χ4n) is 3.13. The molecule has 0 aromatic carbocycles. The van der Waals surface area contributed by atoms with Crippen molar-refractivity contribution in [3.8, 4) is 0 Å². The van der Waals surface area contributed by atoms with Crippen molar-refractivity contribution in [1.29, 1.82) is 0 Å². The molecule has 0 unspecified atom stereocenters. The van der Waals surface area contributed by atoms with Crippen molar-refractivity contribution in [1.82, 2.24) is 4.90 Å². The van der Waals surface area contributed by atoms with E-state index in [1.165, 1.54) is 0 Å². The number of hydrogen-bond acceptors (Lipinski definition) is 6. The number of aliphatic hydroxyl groups excluding tert-OH is 3. The lowest BCUT2D eigenvalue weighted by atomic mass is 9.84. The zero-order valence-corrected chi connectivity index (χ0v) is 10.7.